The normalized spacial score (nSPS) is 17.5. The number of anilines is 1. The average molecular weight is 300 g/mol. The summed E-state index contributed by atoms with van der Waals surface area (Å²) in [6.45, 7) is 0.276. The Bertz CT molecular complexity index is 577. The largest absolute Gasteiger partial charge is 0.495 e. The molecule has 2 rings (SSSR count). The second-order valence-electron chi connectivity index (χ2n) is 4.97. The number of methoxy groups -OCH3 is 2. The lowest BCUT2D eigenvalue weighted by atomic mass is 9.80. The minimum atomic E-state index is -3.59. The van der Waals surface area contributed by atoms with Gasteiger partial charge in [0, 0.05) is 19.7 Å². The topological polar surface area (TPSA) is 90.7 Å². The van der Waals surface area contributed by atoms with Crippen molar-refractivity contribution >= 4 is 15.7 Å². The summed E-state index contributed by atoms with van der Waals surface area (Å²) in [6.07, 6.45) is 2.80. The quantitative estimate of drug-likeness (QED) is 0.768. The zero-order valence-corrected chi connectivity index (χ0v) is 12.5. The van der Waals surface area contributed by atoms with Crippen LogP contribution < -0.4 is 15.2 Å². The van der Waals surface area contributed by atoms with Gasteiger partial charge in [-0.1, -0.05) is 0 Å². The Morgan fingerprint density at radius 2 is 2.05 bits per heavy atom. The van der Waals surface area contributed by atoms with Crippen molar-refractivity contribution in [3.63, 3.8) is 0 Å². The van der Waals surface area contributed by atoms with E-state index in [2.05, 4.69) is 4.72 Å². The molecule has 1 aromatic carbocycles. The predicted octanol–water partition coefficient (Wildman–Crippen LogP) is 1.12. The molecule has 0 spiro atoms. The fourth-order valence-corrected chi connectivity index (χ4v) is 3.32. The second kappa shape index (κ2) is 5.59. The van der Waals surface area contributed by atoms with Gasteiger partial charge in [-0.3, -0.25) is 0 Å². The van der Waals surface area contributed by atoms with Crippen molar-refractivity contribution in [1.29, 1.82) is 0 Å². The summed E-state index contributed by atoms with van der Waals surface area (Å²) in [7, 11) is -0.536. The first-order valence-corrected chi connectivity index (χ1v) is 7.89. The first-order chi connectivity index (χ1) is 9.42. The number of benzene rings is 1. The van der Waals surface area contributed by atoms with E-state index in [1.54, 1.807) is 7.11 Å². The average Bonchev–Trinajstić information content (AvgIpc) is 2.38. The molecule has 7 heteroatoms. The van der Waals surface area contributed by atoms with Gasteiger partial charge < -0.3 is 15.2 Å². The van der Waals surface area contributed by atoms with Gasteiger partial charge in [0.05, 0.1) is 23.3 Å². The Hall–Kier alpha value is -1.31. The second-order valence-corrected chi connectivity index (χ2v) is 6.74. The van der Waals surface area contributed by atoms with Gasteiger partial charge in [0.1, 0.15) is 5.75 Å². The summed E-state index contributed by atoms with van der Waals surface area (Å²) in [4.78, 5) is 0.133. The Labute approximate surface area is 119 Å². The maximum atomic E-state index is 12.3. The van der Waals surface area contributed by atoms with Crippen LogP contribution in [-0.2, 0) is 14.8 Å². The number of sulfonamides is 1. The molecule has 0 atom stereocenters. The molecular formula is C13H20N2O4S. The van der Waals surface area contributed by atoms with Gasteiger partial charge in [0.25, 0.3) is 0 Å². The van der Waals surface area contributed by atoms with E-state index in [4.69, 9.17) is 15.2 Å². The van der Waals surface area contributed by atoms with E-state index in [1.807, 2.05) is 0 Å². The zero-order valence-electron chi connectivity index (χ0n) is 11.7. The highest BCUT2D eigenvalue weighted by Gasteiger charge is 2.38. The van der Waals surface area contributed by atoms with Crippen LogP contribution in [0.1, 0.15) is 19.3 Å². The van der Waals surface area contributed by atoms with Crippen LogP contribution >= 0.6 is 0 Å². The summed E-state index contributed by atoms with van der Waals surface area (Å²) >= 11 is 0. The molecule has 1 fully saturated rings. The number of hydrogen-bond acceptors (Lipinski definition) is 5. The third-order valence-corrected chi connectivity index (χ3v) is 5.20. The summed E-state index contributed by atoms with van der Waals surface area (Å²) in [6, 6.07) is 4.39. The molecule has 3 N–H and O–H groups in total. The number of hydrogen-bond donors (Lipinski definition) is 2. The van der Waals surface area contributed by atoms with E-state index >= 15 is 0 Å². The van der Waals surface area contributed by atoms with Crippen molar-refractivity contribution < 1.29 is 17.9 Å². The number of nitrogen functional groups attached to an aromatic ring is 1. The Balaban J connectivity index is 2.14. The SMILES string of the molecule is COc1cc(S(=O)(=O)NCC2(OC)CCC2)ccc1N. The Kier molecular flexibility index (Phi) is 4.22. The van der Waals surface area contributed by atoms with Crippen molar-refractivity contribution in [3.05, 3.63) is 18.2 Å². The first-order valence-electron chi connectivity index (χ1n) is 6.41. The molecule has 112 valence electrons. The monoisotopic (exact) mass is 300 g/mol. The molecule has 0 amide bonds. The van der Waals surface area contributed by atoms with Gasteiger partial charge in [-0.15, -0.1) is 0 Å². The van der Waals surface area contributed by atoms with Crippen molar-refractivity contribution in [1.82, 2.24) is 4.72 Å². The number of nitrogens with two attached hydrogens (primary N) is 1. The summed E-state index contributed by atoms with van der Waals surface area (Å²) in [5.41, 5.74) is 5.72. The van der Waals surface area contributed by atoms with Crippen LogP contribution in [0.3, 0.4) is 0 Å². The van der Waals surface area contributed by atoms with Gasteiger partial charge in [-0.25, -0.2) is 13.1 Å². The molecule has 0 unspecified atom stereocenters. The Morgan fingerprint density at radius 3 is 2.55 bits per heavy atom. The van der Waals surface area contributed by atoms with E-state index in [-0.39, 0.29) is 17.0 Å². The molecule has 0 bridgehead atoms. The van der Waals surface area contributed by atoms with Gasteiger partial charge in [-0.2, -0.15) is 0 Å². The van der Waals surface area contributed by atoms with Crippen LogP contribution in [0.4, 0.5) is 5.69 Å². The lowest BCUT2D eigenvalue weighted by Crippen LogP contribution is -2.49. The molecule has 1 aliphatic carbocycles. The summed E-state index contributed by atoms with van der Waals surface area (Å²) in [5, 5.41) is 0. The van der Waals surface area contributed by atoms with Gasteiger partial charge in [0.15, 0.2) is 0 Å². The molecule has 0 radical (unpaired) electrons. The van der Waals surface area contributed by atoms with Crippen LogP contribution in [0, 0.1) is 0 Å². The number of ether oxygens (including phenoxy) is 2. The highest BCUT2D eigenvalue weighted by Crippen LogP contribution is 2.34. The lowest BCUT2D eigenvalue weighted by Gasteiger charge is -2.40. The zero-order chi connectivity index (χ0) is 14.8. The molecular weight excluding hydrogens is 280 g/mol. The van der Waals surface area contributed by atoms with Crippen molar-refractivity contribution in [2.75, 3.05) is 26.5 Å². The fraction of sp³-hybridized carbons (Fsp3) is 0.538. The van der Waals surface area contributed by atoms with Crippen LogP contribution in [-0.4, -0.2) is 34.8 Å². The van der Waals surface area contributed by atoms with Crippen molar-refractivity contribution in [3.8, 4) is 5.75 Å². The van der Waals surface area contributed by atoms with Crippen LogP contribution in [0.25, 0.3) is 0 Å². The predicted molar refractivity (Wildman–Crippen MR) is 76.2 cm³/mol. The van der Waals surface area contributed by atoms with E-state index in [9.17, 15) is 8.42 Å². The number of nitrogens with one attached hydrogen (secondary N) is 1. The van der Waals surface area contributed by atoms with Crippen LogP contribution in [0.5, 0.6) is 5.75 Å². The third-order valence-electron chi connectivity index (χ3n) is 3.80. The van der Waals surface area contributed by atoms with Crippen LogP contribution in [0.2, 0.25) is 0 Å². The van der Waals surface area contributed by atoms with E-state index in [1.165, 1.54) is 25.3 Å². The number of rotatable bonds is 6. The highest BCUT2D eigenvalue weighted by molar-refractivity contribution is 7.89. The molecule has 6 nitrogen and oxygen atoms in total. The first kappa shape index (κ1) is 15.1. The Morgan fingerprint density at radius 1 is 1.35 bits per heavy atom. The molecule has 20 heavy (non-hydrogen) atoms. The van der Waals surface area contributed by atoms with Gasteiger partial charge >= 0.3 is 0 Å². The lowest BCUT2D eigenvalue weighted by molar-refractivity contribution is -0.0659. The maximum Gasteiger partial charge on any atom is 0.240 e. The van der Waals surface area contributed by atoms with Crippen LogP contribution in [0.15, 0.2) is 23.1 Å². The molecule has 1 aliphatic rings. The summed E-state index contributed by atoms with van der Waals surface area (Å²) < 4.78 is 37.5. The molecule has 1 aromatic rings. The standard InChI is InChI=1S/C13H20N2O4S/c1-18-12-8-10(4-5-11(12)14)20(16,17)15-9-13(19-2)6-3-7-13/h4-5,8,15H,3,6-7,9,14H2,1-2H3. The molecule has 0 aromatic heterocycles. The minimum Gasteiger partial charge on any atom is -0.495 e. The smallest absolute Gasteiger partial charge is 0.240 e. The van der Waals surface area contributed by atoms with E-state index < -0.39 is 10.0 Å². The highest BCUT2D eigenvalue weighted by atomic mass is 32.2. The molecule has 1 saturated carbocycles. The molecule has 0 saturated heterocycles. The summed E-state index contributed by atoms with van der Waals surface area (Å²) in [5.74, 6) is 0.345. The third kappa shape index (κ3) is 2.89. The fourth-order valence-electron chi connectivity index (χ4n) is 2.19. The van der Waals surface area contributed by atoms with Crippen molar-refractivity contribution in [2.24, 2.45) is 0 Å². The minimum absolute atomic E-state index is 0.133. The van der Waals surface area contributed by atoms with E-state index in [0.29, 0.717) is 11.4 Å². The van der Waals surface area contributed by atoms with Gasteiger partial charge in [0.2, 0.25) is 10.0 Å². The molecule has 0 heterocycles. The molecule has 0 aliphatic heterocycles. The maximum absolute atomic E-state index is 12.3. The van der Waals surface area contributed by atoms with Crippen molar-refractivity contribution in [2.45, 2.75) is 29.8 Å². The van der Waals surface area contributed by atoms with Gasteiger partial charge in [-0.05, 0) is 31.4 Å². The van der Waals surface area contributed by atoms with E-state index in [0.717, 1.165) is 19.3 Å².